The van der Waals surface area contributed by atoms with Crippen LogP contribution in [-0.4, -0.2) is 81.3 Å². The number of aliphatic carboxylic acids is 2. The average Bonchev–Trinajstić information content (AvgIpc) is 3.36. The van der Waals surface area contributed by atoms with Gasteiger partial charge in [-0.3, -0.25) is 14.5 Å². The van der Waals surface area contributed by atoms with Crippen molar-refractivity contribution in [3.63, 3.8) is 0 Å². The lowest BCUT2D eigenvalue weighted by Gasteiger charge is -2.23. The first-order valence-electron chi connectivity index (χ1n) is 10.1. The van der Waals surface area contributed by atoms with E-state index in [2.05, 4.69) is 4.90 Å². The molecule has 11 heteroatoms. The Bertz CT molecular complexity index is 975. The molecule has 0 aromatic carbocycles. The minimum absolute atomic E-state index is 0.0311. The predicted molar refractivity (Wildman–Crippen MR) is 110 cm³/mol. The Labute approximate surface area is 183 Å². The topological polar surface area (TPSA) is 143 Å². The number of carbonyl (C=O) groups excluding carboxylic acids is 1. The van der Waals surface area contributed by atoms with Crippen molar-refractivity contribution in [3.8, 4) is 0 Å². The molecule has 2 aromatic rings. The van der Waals surface area contributed by atoms with Crippen LogP contribution in [0.15, 0.2) is 52.2 Å². The Hall–Kier alpha value is -3.44. The number of hydrogen-bond acceptors (Lipinski definition) is 7. The highest BCUT2D eigenvalue weighted by Gasteiger charge is 2.38. The van der Waals surface area contributed by atoms with E-state index < -0.39 is 11.9 Å². The third-order valence-electron chi connectivity index (χ3n) is 5.34. The molecule has 172 valence electrons. The van der Waals surface area contributed by atoms with Crippen molar-refractivity contribution in [1.82, 2.24) is 14.4 Å². The highest BCUT2D eigenvalue weighted by atomic mass is 16.5. The predicted octanol–water partition coefficient (Wildman–Crippen LogP) is -0.0437. The Kier molecular flexibility index (Phi) is 7.79. The molecule has 0 unspecified atom stereocenters. The number of hydrogen-bond donors (Lipinski definition) is 2. The van der Waals surface area contributed by atoms with Gasteiger partial charge in [0.25, 0.3) is 5.56 Å². The summed E-state index contributed by atoms with van der Waals surface area (Å²) in [6.07, 6.45) is 5.18. The second-order valence-corrected chi connectivity index (χ2v) is 7.61. The fraction of sp³-hybridized carbons (Fsp3) is 0.429. The van der Waals surface area contributed by atoms with Crippen molar-refractivity contribution in [2.45, 2.75) is 19.2 Å². The number of carboxylic acid groups (broad SMARTS) is 2. The smallest absolute Gasteiger partial charge is 0.414 e. The molecule has 11 nitrogen and oxygen atoms in total. The molecule has 2 atom stereocenters. The molecule has 0 bridgehead atoms. The van der Waals surface area contributed by atoms with Gasteiger partial charge in [-0.15, -0.1) is 0 Å². The van der Waals surface area contributed by atoms with Crippen molar-refractivity contribution in [1.29, 1.82) is 0 Å². The minimum Gasteiger partial charge on any atom is -0.473 e. The molecular weight excluding hydrogens is 422 g/mol. The largest absolute Gasteiger partial charge is 0.473 e. The van der Waals surface area contributed by atoms with Gasteiger partial charge in [0.1, 0.15) is 6.54 Å². The summed E-state index contributed by atoms with van der Waals surface area (Å²) in [4.78, 5) is 46.8. The van der Waals surface area contributed by atoms with E-state index in [1.165, 1.54) is 10.6 Å². The third-order valence-corrected chi connectivity index (χ3v) is 5.34. The number of amides is 1. The van der Waals surface area contributed by atoms with Crippen molar-refractivity contribution in [3.05, 3.63) is 58.9 Å². The van der Waals surface area contributed by atoms with Crippen molar-refractivity contribution < 1.29 is 33.8 Å². The summed E-state index contributed by atoms with van der Waals surface area (Å²) < 4.78 is 12.6. The summed E-state index contributed by atoms with van der Waals surface area (Å²) in [5, 5.41) is 14.8. The molecule has 2 aromatic heterocycles. The molecule has 4 rings (SSSR count). The summed E-state index contributed by atoms with van der Waals surface area (Å²) in [5.41, 5.74) is 0.995. The molecule has 2 aliphatic heterocycles. The van der Waals surface area contributed by atoms with Gasteiger partial charge >= 0.3 is 11.9 Å². The average molecular weight is 447 g/mol. The number of pyridine rings is 1. The molecule has 1 amide bonds. The molecule has 0 spiro atoms. The molecule has 2 fully saturated rings. The van der Waals surface area contributed by atoms with Crippen molar-refractivity contribution in [2.24, 2.45) is 5.92 Å². The van der Waals surface area contributed by atoms with Gasteiger partial charge in [0, 0.05) is 56.5 Å². The molecule has 0 radical (unpaired) electrons. The summed E-state index contributed by atoms with van der Waals surface area (Å²) in [6.45, 7) is 4.63. The van der Waals surface area contributed by atoms with Gasteiger partial charge in [-0.25, -0.2) is 9.59 Å². The first-order valence-corrected chi connectivity index (χ1v) is 10.1. The van der Waals surface area contributed by atoms with Gasteiger partial charge in [0.2, 0.25) is 5.91 Å². The van der Waals surface area contributed by atoms with E-state index in [1.807, 2.05) is 11.0 Å². The zero-order valence-electron chi connectivity index (χ0n) is 17.3. The Morgan fingerprint density at radius 1 is 1.06 bits per heavy atom. The SMILES string of the molecule is O=C(Cn1ccccc1=O)N1C[C@@H]2CN(Cc3ccoc3)CCO[C@@H]2C1.O=C(O)C(=O)O. The number of likely N-dealkylation sites (tertiary alicyclic amines) is 1. The van der Waals surface area contributed by atoms with Crippen LogP contribution in [0.25, 0.3) is 0 Å². The third kappa shape index (κ3) is 6.28. The quantitative estimate of drug-likeness (QED) is 0.617. The summed E-state index contributed by atoms with van der Waals surface area (Å²) >= 11 is 0. The number of furan rings is 1. The van der Waals surface area contributed by atoms with Crippen LogP contribution in [0.3, 0.4) is 0 Å². The van der Waals surface area contributed by atoms with Crippen LogP contribution in [0.4, 0.5) is 0 Å². The van der Waals surface area contributed by atoms with E-state index in [-0.39, 0.29) is 24.1 Å². The van der Waals surface area contributed by atoms with Gasteiger partial charge in [-0.2, -0.15) is 0 Å². The molecular formula is C21H25N3O8. The van der Waals surface area contributed by atoms with Crippen LogP contribution in [-0.2, 0) is 32.2 Å². The zero-order chi connectivity index (χ0) is 23.1. The maximum atomic E-state index is 12.6. The van der Waals surface area contributed by atoms with Crippen molar-refractivity contribution >= 4 is 17.8 Å². The molecule has 2 saturated heterocycles. The van der Waals surface area contributed by atoms with Crippen molar-refractivity contribution in [2.75, 3.05) is 32.8 Å². The van der Waals surface area contributed by atoms with Gasteiger partial charge in [0.05, 0.1) is 25.2 Å². The zero-order valence-corrected chi connectivity index (χ0v) is 17.3. The summed E-state index contributed by atoms with van der Waals surface area (Å²) in [5.74, 6) is -3.39. The molecule has 0 aliphatic carbocycles. The van der Waals surface area contributed by atoms with Gasteiger partial charge in [0.15, 0.2) is 0 Å². The lowest BCUT2D eigenvalue weighted by molar-refractivity contribution is -0.159. The van der Waals surface area contributed by atoms with Crippen LogP contribution in [0.5, 0.6) is 0 Å². The number of nitrogens with zero attached hydrogens (tertiary/aromatic N) is 3. The number of carboxylic acids is 2. The van der Waals surface area contributed by atoms with Crippen LogP contribution < -0.4 is 5.56 Å². The lowest BCUT2D eigenvalue weighted by Crippen LogP contribution is -2.36. The number of rotatable bonds is 4. The van der Waals surface area contributed by atoms with E-state index >= 15 is 0 Å². The second kappa shape index (κ2) is 10.7. The summed E-state index contributed by atoms with van der Waals surface area (Å²) in [7, 11) is 0. The molecule has 32 heavy (non-hydrogen) atoms. The maximum Gasteiger partial charge on any atom is 0.414 e. The second-order valence-electron chi connectivity index (χ2n) is 7.61. The summed E-state index contributed by atoms with van der Waals surface area (Å²) in [6, 6.07) is 6.89. The highest BCUT2D eigenvalue weighted by molar-refractivity contribution is 6.27. The van der Waals surface area contributed by atoms with Gasteiger partial charge in [-0.05, 0) is 12.1 Å². The van der Waals surface area contributed by atoms with E-state index in [1.54, 1.807) is 30.9 Å². The van der Waals surface area contributed by atoms with Gasteiger partial charge < -0.3 is 28.8 Å². The monoisotopic (exact) mass is 447 g/mol. The first-order chi connectivity index (χ1) is 15.3. The minimum atomic E-state index is -1.82. The first kappa shape index (κ1) is 23.2. The van der Waals surface area contributed by atoms with Crippen LogP contribution in [0.2, 0.25) is 0 Å². The van der Waals surface area contributed by atoms with E-state index in [9.17, 15) is 9.59 Å². The molecule has 2 aliphatic rings. The standard InChI is InChI=1S/C19H23N3O4.C2H2O4/c23-18-3-1-2-5-21(18)13-19(24)22-11-16-10-20(6-8-26-17(16)12-22)9-15-4-7-25-14-15;3-1(4)2(5)6/h1-5,7,14,16-17H,6,8-13H2;(H,3,4)(H,5,6)/t16-,17+;/m0./s1. The Morgan fingerprint density at radius 3 is 2.50 bits per heavy atom. The fourth-order valence-corrected chi connectivity index (χ4v) is 3.79. The van der Waals surface area contributed by atoms with Gasteiger partial charge in [-0.1, -0.05) is 6.07 Å². The Balaban J connectivity index is 0.000000427. The number of carbonyl (C=O) groups is 3. The maximum absolute atomic E-state index is 12.6. The number of ether oxygens (including phenoxy) is 1. The normalized spacial score (nSPS) is 20.6. The highest BCUT2D eigenvalue weighted by Crippen LogP contribution is 2.24. The lowest BCUT2D eigenvalue weighted by atomic mass is 10.1. The van der Waals surface area contributed by atoms with Crippen LogP contribution >= 0.6 is 0 Å². The Morgan fingerprint density at radius 2 is 1.84 bits per heavy atom. The fourth-order valence-electron chi connectivity index (χ4n) is 3.79. The van der Waals surface area contributed by atoms with Crippen LogP contribution in [0.1, 0.15) is 5.56 Å². The van der Waals surface area contributed by atoms with E-state index in [4.69, 9.17) is 29.0 Å². The van der Waals surface area contributed by atoms with E-state index in [0.717, 1.165) is 25.2 Å². The number of aromatic nitrogens is 1. The van der Waals surface area contributed by atoms with E-state index in [0.29, 0.717) is 25.6 Å². The molecule has 2 N–H and O–H groups in total. The molecule has 0 saturated carbocycles. The van der Waals surface area contributed by atoms with Crippen LogP contribution in [0, 0.1) is 5.92 Å². The number of fused-ring (bicyclic) bond motifs is 1. The molecule has 4 heterocycles.